The fraction of sp³-hybridized carbons (Fsp3) is 0.333. The number of hydrogen-bond donors (Lipinski definition) is 0. The number of nitrogens with zero attached hydrogens (tertiary/aromatic N) is 2. The highest BCUT2D eigenvalue weighted by atomic mass is 16.3. The highest BCUT2D eigenvalue weighted by molar-refractivity contribution is 6.05. The fourth-order valence-electron chi connectivity index (χ4n) is 2.54. The lowest BCUT2D eigenvalue weighted by atomic mass is 10.1. The Hall–Kier alpha value is -2.30. The van der Waals surface area contributed by atoms with Crippen LogP contribution in [0.3, 0.4) is 0 Å². The van der Waals surface area contributed by atoms with Gasteiger partial charge in [0, 0.05) is 38.5 Å². The lowest BCUT2D eigenvalue weighted by Crippen LogP contribution is -2.50. The predicted molar refractivity (Wildman–Crippen MR) is 74.4 cm³/mol. The van der Waals surface area contributed by atoms with Gasteiger partial charge in [0.15, 0.2) is 0 Å². The van der Waals surface area contributed by atoms with Gasteiger partial charge in [-0.2, -0.15) is 0 Å². The second kappa shape index (κ2) is 5.00. The summed E-state index contributed by atoms with van der Waals surface area (Å²) in [7, 11) is 0. The van der Waals surface area contributed by atoms with Crippen molar-refractivity contribution in [2.45, 2.75) is 6.92 Å². The van der Waals surface area contributed by atoms with Gasteiger partial charge in [0.05, 0.1) is 5.56 Å². The van der Waals surface area contributed by atoms with Gasteiger partial charge in [0.25, 0.3) is 5.91 Å². The Morgan fingerprint density at radius 2 is 1.70 bits per heavy atom. The molecule has 2 heterocycles. The van der Waals surface area contributed by atoms with Crippen LogP contribution in [0.25, 0.3) is 11.0 Å². The summed E-state index contributed by atoms with van der Waals surface area (Å²) in [6.07, 6.45) is 1.52. The van der Waals surface area contributed by atoms with Gasteiger partial charge >= 0.3 is 0 Å². The molecule has 1 aromatic carbocycles. The van der Waals surface area contributed by atoms with Gasteiger partial charge in [-0.05, 0) is 6.07 Å². The van der Waals surface area contributed by atoms with E-state index in [2.05, 4.69) is 0 Å². The zero-order valence-corrected chi connectivity index (χ0v) is 11.3. The summed E-state index contributed by atoms with van der Waals surface area (Å²) in [6, 6.07) is 7.51. The van der Waals surface area contributed by atoms with Gasteiger partial charge in [-0.15, -0.1) is 0 Å². The normalized spacial score (nSPS) is 15.7. The summed E-state index contributed by atoms with van der Waals surface area (Å²) in [4.78, 5) is 27.3. The van der Waals surface area contributed by atoms with Crippen molar-refractivity contribution in [3.8, 4) is 0 Å². The monoisotopic (exact) mass is 272 g/mol. The molecule has 0 radical (unpaired) electrons. The van der Waals surface area contributed by atoms with Crippen LogP contribution in [-0.4, -0.2) is 47.8 Å². The molecular formula is C15H16N2O3. The molecule has 0 N–H and O–H groups in total. The van der Waals surface area contributed by atoms with E-state index in [0.29, 0.717) is 31.7 Å². The van der Waals surface area contributed by atoms with Gasteiger partial charge < -0.3 is 14.2 Å². The minimum absolute atomic E-state index is 0.0295. The third-order valence-electron chi connectivity index (χ3n) is 3.72. The summed E-state index contributed by atoms with van der Waals surface area (Å²) >= 11 is 0. The molecule has 3 rings (SSSR count). The summed E-state index contributed by atoms with van der Waals surface area (Å²) in [5.41, 5.74) is 1.31. The van der Waals surface area contributed by atoms with Crippen molar-refractivity contribution in [3.05, 3.63) is 36.1 Å². The van der Waals surface area contributed by atoms with E-state index in [0.717, 1.165) is 11.0 Å². The summed E-state index contributed by atoms with van der Waals surface area (Å²) in [6.45, 7) is 3.88. The molecule has 5 heteroatoms. The maximum atomic E-state index is 12.5. The summed E-state index contributed by atoms with van der Waals surface area (Å²) in [5.74, 6) is 0.0315. The van der Waals surface area contributed by atoms with Gasteiger partial charge in [-0.1, -0.05) is 18.2 Å². The predicted octanol–water partition coefficient (Wildman–Crippen LogP) is 1.74. The molecule has 0 saturated carbocycles. The smallest absolute Gasteiger partial charge is 0.257 e. The van der Waals surface area contributed by atoms with Crippen LogP contribution in [-0.2, 0) is 4.79 Å². The molecule has 1 fully saturated rings. The van der Waals surface area contributed by atoms with E-state index in [1.165, 1.54) is 6.26 Å². The Balaban J connectivity index is 1.78. The highest BCUT2D eigenvalue weighted by Gasteiger charge is 2.25. The molecule has 5 nitrogen and oxygen atoms in total. The molecular weight excluding hydrogens is 256 g/mol. The molecule has 1 aliphatic rings. The van der Waals surface area contributed by atoms with Gasteiger partial charge in [0.1, 0.15) is 11.8 Å². The maximum Gasteiger partial charge on any atom is 0.257 e. The van der Waals surface area contributed by atoms with E-state index in [1.807, 2.05) is 24.3 Å². The molecule has 0 aliphatic carbocycles. The van der Waals surface area contributed by atoms with Crippen molar-refractivity contribution in [3.63, 3.8) is 0 Å². The number of furan rings is 1. The van der Waals surface area contributed by atoms with Crippen LogP contribution in [0.15, 0.2) is 34.9 Å². The van der Waals surface area contributed by atoms with Crippen molar-refractivity contribution in [2.24, 2.45) is 0 Å². The van der Waals surface area contributed by atoms with Crippen molar-refractivity contribution in [2.75, 3.05) is 26.2 Å². The molecule has 104 valence electrons. The van der Waals surface area contributed by atoms with Crippen LogP contribution >= 0.6 is 0 Å². The lowest BCUT2D eigenvalue weighted by molar-refractivity contribution is -0.130. The molecule has 0 spiro atoms. The van der Waals surface area contributed by atoms with Gasteiger partial charge in [-0.25, -0.2) is 0 Å². The van der Waals surface area contributed by atoms with Crippen molar-refractivity contribution in [1.29, 1.82) is 0 Å². The van der Waals surface area contributed by atoms with Crippen molar-refractivity contribution in [1.82, 2.24) is 9.80 Å². The first-order valence-corrected chi connectivity index (χ1v) is 6.68. The Morgan fingerprint density at radius 1 is 1.05 bits per heavy atom. The second-order valence-electron chi connectivity index (χ2n) is 4.94. The first kappa shape index (κ1) is 12.7. The first-order valence-electron chi connectivity index (χ1n) is 6.68. The minimum atomic E-state index is -0.0295. The molecule has 1 aliphatic heterocycles. The zero-order valence-electron chi connectivity index (χ0n) is 11.3. The molecule has 2 aromatic rings. The van der Waals surface area contributed by atoms with Crippen molar-refractivity contribution < 1.29 is 14.0 Å². The summed E-state index contributed by atoms with van der Waals surface area (Å²) < 4.78 is 5.41. The average molecular weight is 272 g/mol. The molecule has 0 atom stereocenters. The van der Waals surface area contributed by atoms with Crippen LogP contribution in [0.4, 0.5) is 0 Å². The van der Waals surface area contributed by atoms with E-state index < -0.39 is 0 Å². The Morgan fingerprint density at radius 3 is 2.40 bits per heavy atom. The molecule has 1 aromatic heterocycles. The van der Waals surface area contributed by atoms with E-state index >= 15 is 0 Å². The third-order valence-corrected chi connectivity index (χ3v) is 3.72. The van der Waals surface area contributed by atoms with Crippen LogP contribution < -0.4 is 0 Å². The minimum Gasteiger partial charge on any atom is -0.463 e. The Kier molecular flexibility index (Phi) is 3.18. The van der Waals surface area contributed by atoms with E-state index in [-0.39, 0.29) is 11.8 Å². The summed E-state index contributed by atoms with van der Waals surface area (Å²) in [5, 5.41) is 0.839. The topological polar surface area (TPSA) is 53.8 Å². The highest BCUT2D eigenvalue weighted by Crippen LogP contribution is 2.22. The number of hydrogen-bond acceptors (Lipinski definition) is 3. The van der Waals surface area contributed by atoms with Gasteiger partial charge in [0.2, 0.25) is 5.91 Å². The maximum absolute atomic E-state index is 12.5. The number of piperazine rings is 1. The van der Waals surface area contributed by atoms with Gasteiger partial charge in [-0.3, -0.25) is 9.59 Å². The standard InChI is InChI=1S/C15H16N2O3/c1-11(18)16-6-8-17(9-7-16)15(19)13-10-20-14-5-3-2-4-12(13)14/h2-5,10H,6-9H2,1H3. The quantitative estimate of drug-likeness (QED) is 0.794. The van der Waals surface area contributed by atoms with Crippen molar-refractivity contribution >= 4 is 22.8 Å². The third kappa shape index (κ3) is 2.15. The van der Waals surface area contributed by atoms with E-state index in [1.54, 1.807) is 16.7 Å². The number of fused-ring (bicyclic) bond motifs is 1. The number of amides is 2. The zero-order chi connectivity index (χ0) is 14.1. The van der Waals surface area contributed by atoms with Crippen LogP contribution in [0, 0.1) is 0 Å². The largest absolute Gasteiger partial charge is 0.463 e. The SMILES string of the molecule is CC(=O)N1CCN(C(=O)c2coc3ccccc23)CC1. The number of benzene rings is 1. The molecule has 0 bridgehead atoms. The molecule has 2 amide bonds. The van der Waals surface area contributed by atoms with E-state index in [9.17, 15) is 9.59 Å². The van der Waals surface area contributed by atoms with Crippen LogP contribution in [0.5, 0.6) is 0 Å². The average Bonchev–Trinajstić information content (AvgIpc) is 2.90. The number of carbonyl (C=O) groups is 2. The molecule has 0 unspecified atom stereocenters. The van der Waals surface area contributed by atoms with Crippen LogP contribution in [0.1, 0.15) is 17.3 Å². The van der Waals surface area contributed by atoms with Crippen LogP contribution in [0.2, 0.25) is 0 Å². The molecule has 20 heavy (non-hydrogen) atoms. The Labute approximate surface area is 116 Å². The first-order chi connectivity index (χ1) is 9.66. The Bertz CT molecular complexity index is 654. The fourth-order valence-corrected chi connectivity index (χ4v) is 2.54. The lowest BCUT2D eigenvalue weighted by Gasteiger charge is -2.34. The molecule has 1 saturated heterocycles. The second-order valence-corrected chi connectivity index (χ2v) is 4.94. The van der Waals surface area contributed by atoms with E-state index in [4.69, 9.17) is 4.42 Å². The number of para-hydroxylation sites is 1. The number of carbonyl (C=O) groups excluding carboxylic acids is 2. The number of rotatable bonds is 1.